The van der Waals surface area contributed by atoms with Gasteiger partial charge >= 0.3 is 0 Å². The van der Waals surface area contributed by atoms with Crippen molar-refractivity contribution in [1.29, 1.82) is 0 Å². The van der Waals surface area contributed by atoms with Crippen LogP contribution in [0.4, 0.5) is 11.4 Å². The number of hydrogen-bond acceptors (Lipinski definition) is 5. The number of nitrogens with zero attached hydrogens (tertiary/aromatic N) is 1. The van der Waals surface area contributed by atoms with Crippen molar-refractivity contribution in [2.45, 2.75) is 44.1 Å². The van der Waals surface area contributed by atoms with Gasteiger partial charge in [0.2, 0.25) is 21.8 Å². The third-order valence-corrected chi connectivity index (χ3v) is 7.69. The number of nitrogens with one attached hydrogen (secondary N) is 2. The first-order chi connectivity index (χ1) is 15.7. The molecule has 2 amide bonds. The van der Waals surface area contributed by atoms with Crippen LogP contribution in [0.5, 0.6) is 0 Å². The summed E-state index contributed by atoms with van der Waals surface area (Å²) in [7, 11) is -3.65. The van der Waals surface area contributed by atoms with Crippen LogP contribution in [0.3, 0.4) is 0 Å². The molecule has 2 saturated heterocycles. The number of amides is 2. The zero-order valence-corrected chi connectivity index (χ0v) is 19.7. The summed E-state index contributed by atoms with van der Waals surface area (Å²) in [6, 6.07) is 11.8. The van der Waals surface area contributed by atoms with Crippen LogP contribution < -0.4 is 14.9 Å². The van der Waals surface area contributed by atoms with Crippen LogP contribution in [0, 0.1) is 19.8 Å². The molecule has 2 aromatic rings. The minimum Gasteiger partial charge on any atom is -0.377 e. The first-order valence-electron chi connectivity index (χ1n) is 11.1. The number of sulfonamides is 1. The molecule has 2 atom stereocenters. The van der Waals surface area contributed by atoms with Gasteiger partial charge in [-0.3, -0.25) is 9.59 Å². The first kappa shape index (κ1) is 23.4. The van der Waals surface area contributed by atoms with Crippen LogP contribution in [-0.4, -0.2) is 46.0 Å². The molecule has 2 aliphatic heterocycles. The highest BCUT2D eigenvalue weighted by Crippen LogP contribution is 2.28. The maximum atomic E-state index is 12.8. The molecule has 0 radical (unpaired) electrons. The zero-order chi connectivity index (χ0) is 23.6. The summed E-state index contributed by atoms with van der Waals surface area (Å²) in [5.74, 6) is -0.824. The highest BCUT2D eigenvalue weighted by Gasteiger charge is 2.35. The van der Waals surface area contributed by atoms with Gasteiger partial charge in [-0.15, -0.1) is 0 Å². The molecule has 176 valence electrons. The molecule has 0 aliphatic carbocycles. The van der Waals surface area contributed by atoms with E-state index in [0.29, 0.717) is 18.8 Å². The lowest BCUT2D eigenvalue weighted by molar-refractivity contribution is -0.122. The van der Waals surface area contributed by atoms with Gasteiger partial charge in [0, 0.05) is 37.5 Å². The van der Waals surface area contributed by atoms with Crippen molar-refractivity contribution in [3.63, 3.8) is 0 Å². The smallest absolute Gasteiger partial charge is 0.240 e. The Bertz CT molecular complexity index is 1140. The topological polar surface area (TPSA) is 105 Å². The normalized spacial score (nSPS) is 20.9. The number of benzene rings is 2. The Morgan fingerprint density at radius 1 is 1.12 bits per heavy atom. The maximum absolute atomic E-state index is 12.8. The number of rotatable bonds is 7. The molecule has 9 heteroatoms. The lowest BCUT2D eigenvalue weighted by atomic mass is 10.1. The molecule has 2 heterocycles. The van der Waals surface area contributed by atoms with Crippen LogP contribution in [-0.2, 0) is 24.3 Å². The van der Waals surface area contributed by atoms with Crippen molar-refractivity contribution < 1.29 is 22.7 Å². The molecular weight excluding hydrogens is 442 g/mol. The molecule has 0 saturated carbocycles. The lowest BCUT2D eigenvalue weighted by Crippen LogP contribution is -2.31. The number of anilines is 2. The molecule has 33 heavy (non-hydrogen) atoms. The van der Waals surface area contributed by atoms with Gasteiger partial charge in [0.1, 0.15) is 0 Å². The number of aryl methyl sites for hydroxylation is 2. The summed E-state index contributed by atoms with van der Waals surface area (Å²) in [5, 5.41) is 2.80. The van der Waals surface area contributed by atoms with Crippen molar-refractivity contribution in [2.24, 2.45) is 5.92 Å². The second kappa shape index (κ2) is 9.62. The summed E-state index contributed by atoms with van der Waals surface area (Å²) in [4.78, 5) is 27.0. The van der Waals surface area contributed by atoms with Crippen molar-refractivity contribution in [2.75, 3.05) is 29.9 Å². The van der Waals surface area contributed by atoms with Gasteiger partial charge in [0.05, 0.1) is 16.9 Å². The molecule has 2 aromatic carbocycles. The van der Waals surface area contributed by atoms with E-state index in [1.165, 1.54) is 12.1 Å². The molecule has 0 bridgehead atoms. The minimum absolute atomic E-state index is 0.0860. The van der Waals surface area contributed by atoms with Gasteiger partial charge in [0.15, 0.2) is 0 Å². The Balaban J connectivity index is 1.35. The molecule has 2 fully saturated rings. The maximum Gasteiger partial charge on any atom is 0.240 e. The first-order valence-corrected chi connectivity index (χ1v) is 12.6. The van der Waals surface area contributed by atoms with Gasteiger partial charge in [-0.05, 0) is 74.2 Å². The molecule has 8 nitrogen and oxygen atoms in total. The van der Waals surface area contributed by atoms with E-state index in [1.807, 2.05) is 32.0 Å². The van der Waals surface area contributed by atoms with Crippen LogP contribution in [0.1, 0.15) is 30.4 Å². The Morgan fingerprint density at radius 2 is 1.88 bits per heavy atom. The van der Waals surface area contributed by atoms with Gasteiger partial charge in [-0.25, -0.2) is 13.1 Å². The second-order valence-corrected chi connectivity index (χ2v) is 10.4. The average Bonchev–Trinajstić information content (AvgIpc) is 3.44. The van der Waals surface area contributed by atoms with Crippen molar-refractivity contribution in [3.05, 3.63) is 53.6 Å². The highest BCUT2D eigenvalue weighted by atomic mass is 32.2. The largest absolute Gasteiger partial charge is 0.377 e. The molecule has 0 unspecified atom stereocenters. The molecular formula is C24H29N3O5S. The van der Waals surface area contributed by atoms with Gasteiger partial charge in [-0.2, -0.15) is 0 Å². The number of carbonyl (C=O) groups excluding carboxylic acids is 2. The number of hydrogen-bond donors (Lipinski definition) is 2. The fourth-order valence-corrected chi connectivity index (χ4v) is 5.15. The van der Waals surface area contributed by atoms with Crippen molar-refractivity contribution >= 4 is 33.2 Å². The minimum atomic E-state index is -3.65. The Morgan fingerprint density at radius 3 is 2.55 bits per heavy atom. The zero-order valence-electron chi connectivity index (χ0n) is 18.8. The number of carbonyl (C=O) groups is 2. The van der Waals surface area contributed by atoms with E-state index >= 15 is 0 Å². The molecule has 0 spiro atoms. The summed E-state index contributed by atoms with van der Waals surface area (Å²) in [5.41, 5.74) is 3.51. The quantitative estimate of drug-likeness (QED) is 0.646. The summed E-state index contributed by atoms with van der Waals surface area (Å²) in [6.07, 6.45) is 1.84. The SMILES string of the molecule is Cc1ccc(N2C[C@@H](C(=O)Nc3ccc(S(=O)(=O)NC[C@H]4CCCO4)cc3)CC2=O)cc1C. The molecule has 4 rings (SSSR count). The van der Waals surface area contributed by atoms with Crippen LogP contribution in [0.15, 0.2) is 47.4 Å². The highest BCUT2D eigenvalue weighted by molar-refractivity contribution is 7.89. The fraction of sp³-hybridized carbons (Fsp3) is 0.417. The number of ether oxygens (including phenoxy) is 1. The average molecular weight is 472 g/mol. The summed E-state index contributed by atoms with van der Waals surface area (Å²) < 4.78 is 33.0. The monoisotopic (exact) mass is 471 g/mol. The third kappa shape index (κ3) is 5.43. The van der Waals surface area contributed by atoms with E-state index in [-0.39, 0.29) is 35.8 Å². The van der Waals surface area contributed by atoms with E-state index < -0.39 is 15.9 Å². The van der Waals surface area contributed by atoms with Gasteiger partial charge in [-0.1, -0.05) is 6.07 Å². The predicted molar refractivity (Wildman–Crippen MR) is 126 cm³/mol. The predicted octanol–water partition coefficient (Wildman–Crippen LogP) is 2.75. The third-order valence-electron chi connectivity index (χ3n) is 6.26. The van der Waals surface area contributed by atoms with Gasteiger partial charge in [0.25, 0.3) is 0 Å². The molecule has 0 aromatic heterocycles. The Hall–Kier alpha value is -2.75. The summed E-state index contributed by atoms with van der Waals surface area (Å²) >= 11 is 0. The Labute approximate surface area is 194 Å². The summed E-state index contributed by atoms with van der Waals surface area (Å²) in [6.45, 7) is 5.22. The molecule has 2 N–H and O–H groups in total. The standard InChI is InChI=1S/C24H29N3O5S/c1-16-5-8-20(12-17(16)2)27-15-18(13-23(27)28)24(29)26-19-6-9-22(10-7-19)33(30,31)25-14-21-4-3-11-32-21/h5-10,12,18,21,25H,3-4,11,13-15H2,1-2H3,(H,26,29)/t18-,21+/m0/s1. The van der Waals surface area contributed by atoms with E-state index in [4.69, 9.17) is 4.74 Å². The second-order valence-electron chi connectivity index (χ2n) is 8.67. The molecule has 2 aliphatic rings. The van der Waals surface area contributed by atoms with E-state index in [9.17, 15) is 18.0 Å². The van der Waals surface area contributed by atoms with Crippen LogP contribution in [0.25, 0.3) is 0 Å². The van der Waals surface area contributed by atoms with E-state index in [1.54, 1.807) is 17.0 Å². The van der Waals surface area contributed by atoms with Gasteiger partial charge < -0.3 is 15.0 Å². The lowest BCUT2D eigenvalue weighted by Gasteiger charge is -2.18. The Kier molecular flexibility index (Phi) is 6.83. The van der Waals surface area contributed by atoms with E-state index in [0.717, 1.165) is 29.7 Å². The van der Waals surface area contributed by atoms with Crippen LogP contribution >= 0.6 is 0 Å². The van der Waals surface area contributed by atoms with Crippen molar-refractivity contribution in [3.8, 4) is 0 Å². The van der Waals surface area contributed by atoms with Crippen molar-refractivity contribution in [1.82, 2.24) is 4.72 Å². The fourth-order valence-electron chi connectivity index (χ4n) is 4.08. The van der Waals surface area contributed by atoms with E-state index in [2.05, 4.69) is 10.0 Å². The van der Waals surface area contributed by atoms with Crippen LogP contribution in [0.2, 0.25) is 0 Å².